The van der Waals surface area contributed by atoms with E-state index in [0.29, 0.717) is 39.0 Å². The number of nitrogens with zero attached hydrogens (tertiary/aromatic N) is 1. The summed E-state index contributed by atoms with van der Waals surface area (Å²) >= 11 is 7.51. The molecule has 130 valence electrons. The summed E-state index contributed by atoms with van der Waals surface area (Å²) in [6.45, 7) is 0.800. The van der Waals surface area contributed by atoms with Crippen LogP contribution in [0, 0.1) is 0 Å². The van der Waals surface area contributed by atoms with Crippen molar-refractivity contribution in [2.75, 3.05) is 27.4 Å². The van der Waals surface area contributed by atoms with Crippen molar-refractivity contribution in [1.82, 2.24) is 4.90 Å². The Morgan fingerprint density at radius 2 is 2.00 bits per heavy atom. The van der Waals surface area contributed by atoms with Gasteiger partial charge >= 0.3 is 0 Å². The molecule has 1 heterocycles. The maximum absolute atomic E-state index is 12.4. The quantitative estimate of drug-likeness (QED) is 0.490. The summed E-state index contributed by atoms with van der Waals surface area (Å²) in [6, 6.07) is 1.59. The van der Waals surface area contributed by atoms with E-state index >= 15 is 0 Å². The smallest absolute Gasteiger partial charge is 0.293 e. The Morgan fingerprint density at radius 1 is 1.29 bits per heavy atom. The van der Waals surface area contributed by atoms with Crippen LogP contribution in [0.15, 0.2) is 19.9 Å². The molecule has 1 fully saturated rings. The highest BCUT2D eigenvalue weighted by Gasteiger charge is 2.34. The number of ether oxygens (including phenoxy) is 2. The summed E-state index contributed by atoms with van der Waals surface area (Å²) in [5.74, 6) is -0.124. The molecule has 0 aromatic heterocycles. The molecule has 6 nitrogen and oxygen atoms in total. The second kappa shape index (κ2) is 8.37. The molecule has 24 heavy (non-hydrogen) atoms. The summed E-state index contributed by atoms with van der Waals surface area (Å²) in [4.78, 5) is 25.9. The monoisotopic (exact) mass is 479 g/mol. The largest absolute Gasteiger partial charge is 0.503 e. The third-order valence-corrected chi connectivity index (χ3v) is 6.35. The van der Waals surface area contributed by atoms with Crippen molar-refractivity contribution in [3.63, 3.8) is 0 Å². The highest BCUT2D eigenvalue weighted by molar-refractivity contribution is 9.13. The van der Waals surface area contributed by atoms with Crippen LogP contribution in [0.25, 0.3) is 6.08 Å². The fourth-order valence-corrected chi connectivity index (χ4v) is 3.77. The first-order valence-corrected chi connectivity index (χ1v) is 9.30. The van der Waals surface area contributed by atoms with Gasteiger partial charge in [-0.25, -0.2) is 0 Å². The van der Waals surface area contributed by atoms with Crippen molar-refractivity contribution in [2.45, 2.75) is 6.42 Å². The Labute approximate surface area is 160 Å². The van der Waals surface area contributed by atoms with Gasteiger partial charge in [0.2, 0.25) is 0 Å². The topological polar surface area (TPSA) is 76.1 Å². The van der Waals surface area contributed by atoms with Crippen LogP contribution in [-0.4, -0.2) is 48.5 Å². The molecule has 2 rings (SSSR count). The van der Waals surface area contributed by atoms with Gasteiger partial charge in [-0.3, -0.25) is 14.5 Å². The molecule has 1 aromatic rings. The normalized spacial score (nSPS) is 16.3. The number of imide groups is 1. The molecule has 1 aliphatic heterocycles. The SMILES string of the molecule is COCCCN1C(=O)S/C(=C/c2cc(OC)c(O)c(Br)c2Br)C1=O. The number of rotatable bonds is 6. The summed E-state index contributed by atoms with van der Waals surface area (Å²) < 4.78 is 11.0. The number of thioether (sulfide) groups is 1. The van der Waals surface area contributed by atoms with E-state index in [4.69, 9.17) is 9.47 Å². The second-order valence-corrected chi connectivity index (χ2v) is 7.40. The molecule has 0 atom stereocenters. The van der Waals surface area contributed by atoms with Crippen LogP contribution >= 0.6 is 43.6 Å². The van der Waals surface area contributed by atoms with E-state index in [1.807, 2.05) is 0 Å². The van der Waals surface area contributed by atoms with Gasteiger partial charge in [-0.1, -0.05) is 0 Å². The van der Waals surface area contributed by atoms with Crippen LogP contribution in [-0.2, 0) is 9.53 Å². The maximum atomic E-state index is 12.4. The van der Waals surface area contributed by atoms with Gasteiger partial charge in [-0.2, -0.15) is 0 Å². The molecule has 0 unspecified atom stereocenters. The zero-order chi connectivity index (χ0) is 17.9. The van der Waals surface area contributed by atoms with Crippen molar-refractivity contribution < 1.29 is 24.2 Å². The molecule has 0 aliphatic carbocycles. The summed E-state index contributed by atoms with van der Waals surface area (Å²) in [6.07, 6.45) is 2.18. The van der Waals surface area contributed by atoms with Crippen molar-refractivity contribution in [2.24, 2.45) is 0 Å². The number of methoxy groups -OCH3 is 2. The summed E-state index contributed by atoms with van der Waals surface area (Å²) in [7, 11) is 3.00. The van der Waals surface area contributed by atoms with Crippen molar-refractivity contribution in [3.05, 3.63) is 25.5 Å². The lowest BCUT2D eigenvalue weighted by atomic mass is 10.2. The highest BCUT2D eigenvalue weighted by Crippen LogP contribution is 2.43. The Bertz CT molecular complexity index is 708. The van der Waals surface area contributed by atoms with Gasteiger partial charge in [-0.15, -0.1) is 0 Å². The Balaban J connectivity index is 2.31. The maximum Gasteiger partial charge on any atom is 0.293 e. The van der Waals surface area contributed by atoms with Crippen molar-refractivity contribution in [1.29, 1.82) is 0 Å². The van der Waals surface area contributed by atoms with Gasteiger partial charge in [-0.05, 0) is 67.7 Å². The van der Waals surface area contributed by atoms with Crippen LogP contribution in [0.4, 0.5) is 4.79 Å². The standard InChI is InChI=1S/C15H15Br2NO5S/c1-22-5-3-4-18-14(20)10(24-15(18)21)7-8-6-9(23-2)13(19)12(17)11(8)16/h6-7,19H,3-5H2,1-2H3/b10-7+. The molecular formula is C15H15Br2NO5S. The van der Waals surface area contributed by atoms with Gasteiger partial charge in [0.15, 0.2) is 11.5 Å². The molecule has 1 aliphatic rings. The number of phenolic OH excluding ortho intramolecular Hbond substituents is 1. The van der Waals surface area contributed by atoms with E-state index in [2.05, 4.69) is 31.9 Å². The molecule has 1 saturated heterocycles. The zero-order valence-electron chi connectivity index (χ0n) is 13.0. The predicted molar refractivity (Wildman–Crippen MR) is 99.2 cm³/mol. The van der Waals surface area contributed by atoms with Gasteiger partial charge in [0, 0.05) is 24.7 Å². The molecular weight excluding hydrogens is 466 g/mol. The van der Waals surface area contributed by atoms with Crippen molar-refractivity contribution >= 4 is 60.8 Å². The average Bonchev–Trinajstić information content (AvgIpc) is 2.83. The van der Waals surface area contributed by atoms with Crippen LogP contribution in [0.3, 0.4) is 0 Å². The Hall–Kier alpha value is -1.03. The molecule has 9 heteroatoms. The lowest BCUT2D eigenvalue weighted by Gasteiger charge is -2.12. The van der Waals surface area contributed by atoms with Gasteiger partial charge < -0.3 is 14.6 Å². The second-order valence-electron chi connectivity index (χ2n) is 4.82. The van der Waals surface area contributed by atoms with E-state index in [-0.39, 0.29) is 22.6 Å². The van der Waals surface area contributed by atoms with Crippen LogP contribution < -0.4 is 4.74 Å². The lowest BCUT2D eigenvalue weighted by Crippen LogP contribution is -2.29. The molecule has 1 aromatic carbocycles. The van der Waals surface area contributed by atoms with E-state index in [9.17, 15) is 14.7 Å². The zero-order valence-corrected chi connectivity index (χ0v) is 17.0. The highest BCUT2D eigenvalue weighted by atomic mass is 79.9. The van der Waals surface area contributed by atoms with Gasteiger partial charge in [0.1, 0.15) is 0 Å². The number of phenols is 1. The minimum atomic E-state index is -0.337. The number of carbonyl (C=O) groups is 2. The van der Waals surface area contributed by atoms with Crippen LogP contribution in [0.5, 0.6) is 11.5 Å². The molecule has 2 amide bonds. The Morgan fingerprint density at radius 3 is 2.62 bits per heavy atom. The molecule has 1 N–H and O–H groups in total. The molecule has 0 spiro atoms. The summed E-state index contributed by atoms with van der Waals surface area (Å²) in [5.41, 5.74) is 0.610. The first-order chi connectivity index (χ1) is 11.4. The van der Waals surface area contributed by atoms with Gasteiger partial charge in [0.25, 0.3) is 11.1 Å². The van der Waals surface area contributed by atoms with Crippen LogP contribution in [0.1, 0.15) is 12.0 Å². The van der Waals surface area contributed by atoms with E-state index in [1.165, 1.54) is 12.0 Å². The molecule has 0 saturated carbocycles. The van der Waals surface area contributed by atoms with Gasteiger partial charge in [0.05, 0.1) is 16.5 Å². The van der Waals surface area contributed by atoms with E-state index < -0.39 is 0 Å². The number of aromatic hydroxyl groups is 1. The van der Waals surface area contributed by atoms with E-state index in [1.54, 1.807) is 19.3 Å². The fourth-order valence-electron chi connectivity index (χ4n) is 2.07. The average molecular weight is 481 g/mol. The third-order valence-electron chi connectivity index (χ3n) is 3.28. The first kappa shape index (κ1) is 19.3. The number of hydrogen-bond acceptors (Lipinski definition) is 6. The van der Waals surface area contributed by atoms with Crippen LogP contribution in [0.2, 0.25) is 0 Å². The van der Waals surface area contributed by atoms with E-state index in [0.717, 1.165) is 11.8 Å². The number of carbonyl (C=O) groups excluding carboxylic acids is 2. The number of benzene rings is 1. The van der Waals surface area contributed by atoms with Crippen molar-refractivity contribution in [3.8, 4) is 11.5 Å². The molecule has 0 radical (unpaired) electrons. The Kier molecular flexibility index (Phi) is 6.73. The lowest BCUT2D eigenvalue weighted by molar-refractivity contribution is -0.122. The number of amides is 2. The predicted octanol–water partition coefficient (Wildman–Crippen LogP) is 4.00. The first-order valence-electron chi connectivity index (χ1n) is 6.90. The number of hydrogen-bond donors (Lipinski definition) is 1. The minimum Gasteiger partial charge on any atom is -0.503 e. The molecule has 0 bridgehead atoms. The number of halogens is 2. The minimum absolute atomic E-state index is 0.0470. The third kappa shape index (κ3) is 3.96. The fraction of sp³-hybridized carbons (Fsp3) is 0.333. The summed E-state index contributed by atoms with van der Waals surface area (Å²) in [5, 5.41) is 9.65.